The van der Waals surface area contributed by atoms with Gasteiger partial charge >= 0.3 is 0 Å². The highest BCUT2D eigenvalue weighted by atomic mass is 16.3. The highest BCUT2D eigenvalue weighted by Crippen LogP contribution is 2.49. The van der Waals surface area contributed by atoms with Crippen molar-refractivity contribution < 1.29 is 4.42 Å². The van der Waals surface area contributed by atoms with Crippen molar-refractivity contribution in [1.29, 1.82) is 5.26 Å². The molecule has 0 radical (unpaired) electrons. The second-order valence-corrected chi connectivity index (χ2v) is 14.4. The van der Waals surface area contributed by atoms with E-state index in [2.05, 4.69) is 118 Å². The van der Waals surface area contributed by atoms with Crippen LogP contribution in [0, 0.1) is 11.3 Å². The summed E-state index contributed by atoms with van der Waals surface area (Å²) in [5.74, 6) is 0. The Kier molecular flexibility index (Phi) is 6.60. The third-order valence-corrected chi connectivity index (χ3v) is 11.3. The molecule has 0 amide bonds. The summed E-state index contributed by atoms with van der Waals surface area (Å²) in [6.45, 7) is 0. The van der Waals surface area contributed by atoms with Crippen LogP contribution in [0.3, 0.4) is 0 Å². The number of aromatic nitrogens is 4. The van der Waals surface area contributed by atoms with Crippen molar-refractivity contribution in [3.8, 4) is 40.0 Å². The molecule has 0 fully saturated rings. The Morgan fingerprint density at radius 3 is 1.72 bits per heavy atom. The first-order chi connectivity index (χ1) is 28.3. The Hall–Kier alpha value is -8.01. The van der Waals surface area contributed by atoms with E-state index in [4.69, 9.17) is 14.4 Å². The van der Waals surface area contributed by atoms with Gasteiger partial charge in [-0.2, -0.15) is 5.26 Å². The Morgan fingerprint density at radius 1 is 0.474 bits per heavy atom. The predicted molar refractivity (Wildman–Crippen MR) is 231 cm³/mol. The van der Waals surface area contributed by atoms with E-state index in [1.54, 1.807) is 0 Å². The predicted octanol–water partition coefficient (Wildman–Crippen LogP) is 12.9. The van der Waals surface area contributed by atoms with E-state index < -0.39 is 0 Å². The first kappa shape index (κ1) is 31.4. The molecule has 4 heterocycles. The van der Waals surface area contributed by atoms with Crippen molar-refractivity contribution in [2.75, 3.05) is 0 Å². The summed E-state index contributed by atoms with van der Waals surface area (Å²) in [5.41, 5.74) is 13.0. The van der Waals surface area contributed by atoms with E-state index >= 15 is 0 Å². The fourth-order valence-corrected chi connectivity index (χ4v) is 8.95. The van der Waals surface area contributed by atoms with Gasteiger partial charge in [0.2, 0.25) is 0 Å². The number of nitriles is 1. The molecule has 0 saturated carbocycles. The fraction of sp³-hybridized carbons (Fsp3) is 0. The minimum Gasteiger partial charge on any atom is -0.455 e. The third kappa shape index (κ3) is 4.45. The van der Waals surface area contributed by atoms with Crippen molar-refractivity contribution in [2.24, 2.45) is 0 Å². The summed E-state index contributed by atoms with van der Waals surface area (Å²) in [7, 11) is 0. The summed E-state index contributed by atoms with van der Waals surface area (Å²) in [5, 5.41) is 17.4. The second kappa shape index (κ2) is 12.0. The molecule has 57 heavy (non-hydrogen) atoms. The molecule has 0 bridgehead atoms. The molecule has 0 saturated heterocycles. The Labute approximate surface area is 325 Å². The number of nitrogens with zero attached hydrogens (tertiary/aromatic N) is 5. The highest BCUT2D eigenvalue weighted by molar-refractivity contribution is 6.39. The van der Waals surface area contributed by atoms with Crippen molar-refractivity contribution in [3.63, 3.8) is 0 Å². The molecule has 0 aliphatic rings. The Bertz CT molecular complexity index is 3640. The van der Waals surface area contributed by atoms with Crippen LogP contribution in [0.1, 0.15) is 5.56 Å². The van der Waals surface area contributed by atoms with Gasteiger partial charge in [0.25, 0.3) is 0 Å². The summed E-state index contributed by atoms with van der Waals surface area (Å²) < 4.78 is 11.6. The monoisotopic (exact) mass is 727 g/mol. The zero-order chi connectivity index (χ0) is 37.6. The molecule has 12 rings (SSSR count). The molecule has 6 heteroatoms. The lowest BCUT2D eigenvalue weighted by Crippen LogP contribution is -2.00. The van der Waals surface area contributed by atoms with Gasteiger partial charge in [-0.15, -0.1) is 0 Å². The second-order valence-electron chi connectivity index (χ2n) is 14.4. The normalized spacial score (nSPS) is 11.8. The number of hydrogen-bond donors (Lipinski definition) is 0. The van der Waals surface area contributed by atoms with E-state index in [0.29, 0.717) is 11.3 Å². The quantitative estimate of drug-likeness (QED) is 0.181. The van der Waals surface area contributed by atoms with Gasteiger partial charge in [-0.1, -0.05) is 115 Å². The molecule has 4 aromatic heterocycles. The number of rotatable bonds is 4. The molecule has 12 aromatic rings. The number of hydrogen-bond acceptors (Lipinski definition) is 4. The summed E-state index contributed by atoms with van der Waals surface area (Å²) in [6.07, 6.45) is 0. The van der Waals surface area contributed by atoms with Crippen LogP contribution in [-0.4, -0.2) is 19.1 Å². The maximum atomic E-state index is 10.9. The van der Waals surface area contributed by atoms with Gasteiger partial charge in [0.05, 0.1) is 66.9 Å². The van der Waals surface area contributed by atoms with Crippen LogP contribution in [0.2, 0.25) is 0 Å². The first-order valence-corrected chi connectivity index (χ1v) is 19.0. The summed E-state index contributed by atoms with van der Waals surface area (Å²) >= 11 is 0. The van der Waals surface area contributed by atoms with Gasteiger partial charge in [-0.05, 0) is 60.7 Å². The smallest absolute Gasteiger partial charge is 0.147 e. The molecule has 0 aliphatic carbocycles. The molecule has 0 N–H and O–H groups in total. The van der Waals surface area contributed by atoms with Crippen LogP contribution >= 0.6 is 0 Å². The number of para-hydroxylation sites is 6. The van der Waals surface area contributed by atoms with Crippen LogP contribution in [-0.2, 0) is 0 Å². The van der Waals surface area contributed by atoms with Crippen molar-refractivity contribution in [1.82, 2.24) is 19.1 Å². The van der Waals surface area contributed by atoms with Crippen molar-refractivity contribution >= 4 is 76.6 Å². The van der Waals surface area contributed by atoms with Gasteiger partial charge in [0.15, 0.2) is 0 Å². The van der Waals surface area contributed by atoms with Crippen LogP contribution in [0.4, 0.5) is 0 Å². The molecule has 0 spiro atoms. The van der Waals surface area contributed by atoms with Crippen molar-refractivity contribution in [3.05, 3.63) is 181 Å². The Balaban J connectivity index is 1.23. The first-order valence-electron chi connectivity index (χ1n) is 19.0. The minimum atomic E-state index is 0.507. The Morgan fingerprint density at radius 2 is 1.02 bits per heavy atom. The van der Waals surface area contributed by atoms with Crippen LogP contribution < -0.4 is 0 Å². The average molecular weight is 728 g/mol. The van der Waals surface area contributed by atoms with Crippen LogP contribution in [0.15, 0.2) is 180 Å². The van der Waals surface area contributed by atoms with Gasteiger partial charge in [-0.25, -0.2) is 9.97 Å². The fourth-order valence-electron chi connectivity index (χ4n) is 8.95. The van der Waals surface area contributed by atoms with Gasteiger partial charge in [0.1, 0.15) is 11.2 Å². The maximum Gasteiger partial charge on any atom is 0.147 e. The largest absolute Gasteiger partial charge is 0.455 e. The van der Waals surface area contributed by atoms with Gasteiger partial charge in [0, 0.05) is 44.0 Å². The molecular weight excluding hydrogens is 699 g/mol. The van der Waals surface area contributed by atoms with Crippen LogP contribution in [0.25, 0.3) is 110 Å². The molecule has 0 unspecified atom stereocenters. The maximum absolute atomic E-state index is 10.9. The molecule has 264 valence electrons. The topological polar surface area (TPSA) is 72.6 Å². The highest BCUT2D eigenvalue weighted by Gasteiger charge is 2.28. The third-order valence-electron chi connectivity index (χ3n) is 11.3. The lowest BCUT2D eigenvalue weighted by Gasteiger charge is -2.14. The number of benzene rings is 8. The SMILES string of the molecule is N#Cc1cc(-n2c3ccccc3c3c4oc5ccccc5c4c4c(c5ccccc5n4-c4ccccc4)c32)ccc1-c1nc2ccccc2nc1-c1ccccc1. The van der Waals surface area contributed by atoms with E-state index in [9.17, 15) is 5.26 Å². The van der Waals surface area contributed by atoms with Crippen molar-refractivity contribution in [2.45, 2.75) is 0 Å². The molecule has 0 atom stereocenters. The minimum absolute atomic E-state index is 0.507. The van der Waals surface area contributed by atoms with E-state index in [1.165, 1.54) is 0 Å². The summed E-state index contributed by atoms with van der Waals surface area (Å²) in [4.78, 5) is 10.2. The number of furan rings is 1. The van der Waals surface area contributed by atoms with Gasteiger partial charge < -0.3 is 13.6 Å². The lowest BCUT2D eigenvalue weighted by atomic mass is 9.99. The average Bonchev–Trinajstić information content (AvgIpc) is 3.94. The standard InChI is InChI=1S/C51H29N5O/c52-30-32-29-34(27-28-35(32)48-47(31-15-3-1-4-16-31)53-39-22-10-11-23-40(39)54-48)56-42-25-13-8-20-37(42)45-49(56)44-36-19-7-12-24-41(36)55(33-17-5-2-6-18-33)50(44)46-38-21-9-14-26-43(38)57-51(45)46/h1-29H. The zero-order valence-corrected chi connectivity index (χ0v) is 30.4. The molecule has 6 nitrogen and oxygen atoms in total. The molecular formula is C51H29N5O. The number of fused-ring (bicyclic) bond motifs is 13. The molecule has 0 aliphatic heterocycles. The van der Waals surface area contributed by atoms with E-state index in [1.807, 2.05) is 72.8 Å². The molecule has 8 aromatic carbocycles. The van der Waals surface area contributed by atoms with E-state index in [-0.39, 0.29) is 0 Å². The van der Waals surface area contributed by atoms with Gasteiger partial charge in [-0.3, -0.25) is 0 Å². The lowest BCUT2D eigenvalue weighted by molar-refractivity contribution is 0.673. The van der Waals surface area contributed by atoms with E-state index in [0.717, 1.165) is 105 Å². The summed E-state index contributed by atoms with van der Waals surface area (Å²) in [6, 6.07) is 62.7. The zero-order valence-electron chi connectivity index (χ0n) is 30.4. The van der Waals surface area contributed by atoms with Crippen LogP contribution in [0.5, 0.6) is 0 Å².